The summed E-state index contributed by atoms with van der Waals surface area (Å²) in [7, 11) is 4.06. The van der Waals surface area contributed by atoms with Crippen molar-refractivity contribution < 1.29 is 0 Å². The van der Waals surface area contributed by atoms with E-state index in [-0.39, 0.29) is 0 Å². The molecule has 2 rings (SSSR count). The highest BCUT2D eigenvalue weighted by Gasteiger charge is 2.26. The monoisotopic (exact) mass is 247 g/mol. The van der Waals surface area contributed by atoms with Crippen LogP contribution in [0.3, 0.4) is 0 Å². The van der Waals surface area contributed by atoms with Crippen molar-refractivity contribution in [3.8, 4) is 0 Å². The minimum absolute atomic E-state index is 0.580. The fourth-order valence-electron chi connectivity index (χ4n) is 2.75. The van der Waals surface area contributed by atoms with Crippen LogP contribution in [0, 0.1) is 5.92 Å². The van der Waals surface area contributed by atoms with Crippen LogP contribution in [0.4, 0.5) is 5.82 Å². The smallest absolute Gasteiger partial charge is 0.127 e. The van der Waals surface area contributed by atoms with E-state index in [2.05, 4.69) is 42.1 Å². The number of aromatic nitrogens is 1. The molecule has 1 aromatic heterocycles. The van der Waals surface area contributed by atoms with Crippen LogP contribution in [0.5, 0.6) is 0 Å². The highest BCUT2D eigenvalue weighted by atomic mass is 15.2. The van der Waals surface area contributed by atoms with Crippen LogP contribution in [0.2, 0.25) is 0 Å². The van der Waals surface area contributed by atoms with E-state index < -0.39 is 0 Å². The van der Waals surface area contributed by atoms with Gasteiger partial charge in [-0.05, 0) is 36.9 Å². The summed E-state index contributed by atoms with van der Waals surface area (Å²) < 4.78 is 0. The molecule has 0 amide bonds. The SMILES string of the molecule is CC(C)CN1CCC[C@H]1c1ccc(N(C)C)nc1. The number of hydrogen-bond donors (Lipinski definition) is 0. The molecule has 1 aliphatic heterocycles. The lowest BCUT2D eigenvalue weighted by atomic mass is 10.1. The fourth-order valence-corrected chi connectivity index (χ4v) is 2.75. The molecule has 1 saturated heterocycles. The van der Waals surface area contributed by atoms with Crippen LogP contribution < -0.4 is 4.90 Å². The predicted molar refractivity (Wildman–Crippen MR) is 77.0 cm³/mol. The minimum Gasteiger partial charge on any atom is -0.363 e. The van der Waals surface area contributed by atoms with Gasteiger partial charge in [-0.3, -0.25) is 4.90 Å². The maximum Gasteiger partial charge on any atom is 0.127 e. The van der Waals surface area contributed by atoms with Crippen molar-refractivity contribution in [2.24, 2.45) is 5.92 Å². The van der Waals surface area contributed by atoms with Gasteiger partial charge in [0.25, 0.3) is 0 Å². The third kappa shape index (κ3) is 3.02. The molecule has 3 heteroatoms. The van der Waals surface area contributed by atoms with Crippen molar-refractivity contribution in [1.82, 2.24) is 9.88 Å². The summed E-state index contributed by atoms with van der Waals surface area (Å²) in [5.74, 6) is 1.77. The van der Waals surface area contributed by atoms with Gasteiger partial charge >= 0.3 is 0 Å². The van der Waals surface area contributed by atoms with Crippen molar-refractivity contribution in [2.45, 2.75) is 32.7 Å². The quantitative estimate of drug-likeness (QED) is 0.815. The Morgan fingerprint density at radius 2 is 2.17 bits per heavy atom. The Bertz CT molecular complexity index is 370. The Hall–Kier alpha value is -1.09. The van der Waals surface area contributed by atoms with Gasteiger partial charge < -0.3 is 4.90 Å². The molecule has 1 aromatic rings. The Kier molecular flexibility index (Phi) is 4.23. The molecule has 2 heterocycles. The van der Waals surface area contributed by atoms with Crippen molar-refractivity contribution in [3.05, 3.63) is 23.9 Å². The number of pyridine rings is 1. The molecule has 0 aliphatic carbocycles. The number of nitrogens with zero attached hydrogens (tertiary/aromatic N) is 3. The summed E-state index contributed by atoms with van der Waals surface area (Å²) in [5, 5.41) is 0. The van der Waals surface area contributed by atoms with Crippen LogP contribution >= 0.6 is 0 Å². The normalized spacial score (nSPS) is 20.6. The van der Waals surface area contributed by atoms with E-state index in [4.69, 9.17) is 0 Å². The second kappa shape index (κ2) is 5.70. The molecule has 0 saturated carbocycles. The third-order valence-electron chi connectivity index (χ3n) is 3.58. The predicted octanol–water partition coefficient (Wildman–Crippen LogP) is 2.94. The number of hydrogen-bond acceptors (Lipinski definition) is 3. The van der Waals surface area contributed by atoms with E-state index in [9.17, 15) is 0 Å². The van der Waals surface area contributed by atoms with Gasteiger partial charge in [-0.25, -0.2) is 4.98 Å². The van der Waals surface area contributed by atoms with E-state index in [1.165, 1.54) is 31.5 Å². The Morgan fingerprint density at radius 3 is 2.72 bits per heavy atom. The van der Waals surface area contributed by atoms with E-state index in [0.29, 0.717) is 6.04 Å². The summed E-state index contributed by atoms with van der Waals surface area (Å²) in [6.45, 7) is 7.02. The summed E-state index contributed by atoms with van der Waals surface area (Å²) >= 11 is 0. The zero-order chi connectivity index (χ0) is 13.1. The largest absolute Gasteiger partial charge is 0.363 e. The topological polar surface area (TPSA) is 19.4 Å². The molecule has 0 radical (unpaired) electrons. The molecule has 0 spiro atoms. The summed E-state index contributed by atoms with van der Waals surface area (Å²) in [6, 6.07) is 4.95. The molecule has 0 unspecified atom stereocenters. The molecule has 18 heavy (non-hydrogen) atoms. The molecular formula is C15H25N3. The average molecular weight is 247 g/mol. The van der Waals surface area contributed by atoms with Crippen molar-refractivity contribution in [1.29, 1.82) is 0 Å². The van der Waals surface area contributed by atoms with E-state index in [1.807, 2.05) is 19.0 Å². The Labute approximate surface area is 111 Å². The van der Waals surface area contributed by atoms with Crippen molar-refractivity contribution in [2.75, 3.05) is 32.1 Å². The van der Waals surface area contributed by atoms with Gasteiger partial charge in [-0.1, -0.05) is 19.9 Å². The first-order valence-electron chi connectivity index (χ1n) is 6.95. The second-order valence-corrected chi connectivity index (χ2v) is 5.89. The standard InChI is InChI=1S/C15H25N3/c1-12(2)11-18-9-5-6-14(18)13-7-8-15(16-10-13)17(3)4/h7-8,10,12,14H,5-6,9,11H2,1-4H3/t14-/m0/s1. The van der Waals surface area contributed by atoms with Gasteiger partial charge in [0.05, 0.1) is 0 Å². The summed E-state index contributed by atoms with van der Waals surface area (Å²) in [6.07, 6.45) is 4.64. The molecule has 0 bridgehead atoms. The van der Waals surface area contributed by atoms with Crippen LogP contribution in [0.25, 0.3) is 0 Å². The molecule has 1 fully saturated rings. The average Bonchev–Trinajstić information content (AvgIpc) is 2.76. The van der Waals surface area contributed by atoms with Crippen LogP contribution in [0.15, 0.2) is 18.3 Å². The fraction of sp³-hybridized carbons (Fsp3) is 0.667. The van der Waals surface area contributed by atoms with Crippen molar-refractivity contribution >= 4 is 5.82 Å². The van der Waals surface area contributed by atoms with Gasteiger partial charge in [-0.15, -0.1) is 0 Å². The molecule has 1 atom stereocenters. The maximum absolute atomic E-state index is 4.54. The second-order valence-electron chi connectivity index (χ2n) is 5.89. The lowest BCUT2D eigenvalue weighted by Gasteiger charge is -2.26. The first-order chi connectivity index (χ1) is 8.58. The Balaban J connectivity index is 2.10. The highest BCUT2D eigenvalue weighted by molar-refractivity contribution is 5.37. The minimum atomic E-state index is 0.580. The zero-order valence-electron chi connectivity index (χ0n) is 12.1. The maximum atomic E-state index is 4.54. The van der Waals surface area contributed by atoms with Gasteiger partial charge in [0, 0.05) is 32.9 Å². The van der Waals surface area contributed by atoms with Crippen LogP contribution in [0.1, 0.15) is 38.3 Å². The Morgan fingerprint density at radius 1 is 1.39 bits per heavy atom. The number of anilines is 1. The number of rotatable bonds is 4. The van der Waals surface area contributed by atoms with Gasteiger partial charge in [0.15, 0.2) is 0 Å². The van der Waals surface area contributed by atoms with Gasteiger partial charge in [-0.2, -0.15) is 0 Å². The molecule has 100 valence electrons. The van der Waals surface area contributed by atoms with E-state index in [0.717, 1.165) is 11.7 Å². The molecule has 3 nitrogen and oxygen atoms in total. The highest BCUT2D eigenvalue weighted by Crippen LogP contribution is 2.32. The zero-order valence-corrected chi connectivity index (χ0v) is 12.1. The van der Waals surface area contributed by atoms with E-state index in [1.54, 1.807) is 0 Å². The molecule has 0 N–H and O–H groups in total. The number of likely N-dealkylation sites (tertiary alicyclic amines) is 1. The summed E-state index contributed by atoms with van der Waals surface area (Å²) in [5.41, 5.74) is 1.37. The summed E-state index contributed by atoms with van der Waals surface area (Å²) in [4.78, 5) is 9.19. The van der Waals surface area contributed by atoms with Gasteiger partial charge in [0.1, 0.15) is 5.82 Å². The van der Waals surface area contributed by atoms with E-state index >= 15 is 0 Å². The van der Waals surface area contributed by atoms with Gasteiger partial charge in [0.2, 0.25) is 0 Å². The first kappa shape index (κ1) is 13.3. The molecular weight excluding hydrogens is 222 g/mol. The first-order valence-corrected chi connectivity index (χ1v) is 6.95. The van der Waals surface area contributed by atoms with Crippen LogP contribution in [-0.4, -0.2) is 37.1 Å². The lowest BCUT2D eigenvalue weighted by molar-refractivity contribution is 0.228. The molecule has 0 aromatic carbocycles. The molecule has 1 aliphatic rings. The third-order valence-corrected chi connectivity index (χ3v) is 3.58. The van der Waals surface area contributed by atoms with Crippen LogP contribution in [-0.2, 0) is 0 Å². The lowest BCUT2D eigenvalue weighted by Crippen LogP contribution is -2.27. The van der Waals surface area contributed by atoms with Crippen molar-refractivity contribution in [3.63, 3.8) is 0 Å².